The number of unbranched alkanes of at least 4 members (excludes halogenated alkanes) is 20. The number of hydrogen-bond donors (Lipinski definition) is 3. The van der Waals surface area contributed by atoms with E-state index in [2.05, 4.69) is 25.7 Å². The van der Waals surface area contributed by atoms with Crippen molar-refractivity contribution in [1.29, 1.82) is 0 Å². The van der Waals surface area contributed by atoms with Gasteiger partial charge in [0.25, 0.3) is 12.9 Å². The molecule has 0 saturated carbocycles. The molecule has 0 heterocycles. The Morgan fingerprint density at radius 1 is 0.510 bits per heavy atom. The number of aliphatic hydroxyl groups excluding tert-OH is 1. The number of aldehydes is 1. The minimum atomic E-state index is -0.250. The van der Waals surface area contributed by atoms with Gasteiger partial charge in [-0.15, -0.1) is 0 Å². The number of nitrogens with zero attached hydrogens (tertiary/aromatic N) is 1. The highest BCUT2D eigenvalue weighted by atomic mass is 16.5. The van der Waals surface area contributed by atoms with Crippen LogP contribution in [0, 0.1) is 5.92 Å². The average Bonchev–Trinajstić information content (AvgIpc) is 3.09. The predicted octanol–water partition coefficient (Wildman–Crippen LogP) is 11.1. The largest absolute Gasteiger partial charge is 0.483 e. The van der Waals surface area contributed by atoms with Gasteiger partial charge in [-0.2, -0.15) is 0 Å². The highest BCUT2D eigenvalue weighted by molar-refractivity contribution is 5.48. The lowest BCUT2D eigenvalue weighted by atomic mass is 9.89. The van der Waals surface area contributed by atoms with Gasteiger partial charge in [-0.1, -0.05) is 168 Å². The summed E-state index contributed by atoms with van der Waals surface area (Å²) in [6, 6.07) is 0. The standard InChI is InChI=1S/C28H59NO2.C11H22O.2CH2O2/c1-4-6-8-11-15-21-28(20-14-9-7-5-2)22-16-12-10-13-17-23-29(25-26-30)24-18-19-27-31-3;1-2-3-4-5-6-7-8-9-10-11-12;2*2-1-3/h28,30H,4-27H2,1-3H3;11H,2-10H2,1H3;2*1H,(H,2,3). The summed E-state index contributed by atoms with van der Waals surface area (Å²) in [5.41, 5.74) is 0. The third-order valence-corrected chi connectivity index (χ3v) is 8.93. The first-order valence-electron chi connectivity index (χ1n) is 20.4. The summed E-state index contributed by atoms with van der Waals surface area (Å²) in [7, 11) is 1.77. The van der Waals surface area contributed by atoms with E-state index in [1.165, 1.54) is 161 Å². The van der Waals surface area contributed by atoms with E-state index in [9.17, 15) is 9.90 Å². The molecule has 0 aliphatic carbocycles. The van der Waals surface area contributed by atoms with E-state index in [1.54, 1.807) is 7.11 Å². The van der Waals surface area contributed by atoms with Crippen LogP contribution in [-0.4, -0.2) is 79.4 Å². The minimum Gasteiger partial charge on any atom is -0.483 e. The Morgan fingerprint density at radius 3 is 1.24 bits per heavy atom. The van der Waals surface area contributed by atoms with Gasteiger partial charge in [-0.3, -0.25) is 9.59 Å². The Kier molecular flexibility index (Phi) is 61.9. The first-order valence-corrected chi connectivity index (χ1v) is 20.4. The van der Waals surface area contributed by atoms with Gasteiger partial charge in [0.1, 0.15) is 6.29 Å². The molecule has 1 atom stereocenters. The number of carbonyl (C=O) groups is 3. The van der Waals surface area contributed by atoms with Crippen LogP contribution in [-0.2, 0) is 19.1 Å². The van der Waals surface area contributed by atoms with Crippen LogP contribution in [0.5, 0.6) is 0 Å². The lowest BCUT2D eigenvalue weighted by Crippen LogP contribution is -2.29. The molecule has 0 saturated heterocycles. The molecule has 0 aliphatic heterocycles. The van der Waals surface area contributed by atoms with Crippen LogP contribution in [0.3, 0.4) is 0 Å². The van der Waals surface area contributed by atoms with Crippen LogP contribution in [0.2, 0.25) is 0 Å². The van der Waals surface area contributed by atoms with Crippen molar-refractivity contribution in [3.63, 3.8) is 0 Å². The zero-order valence-electron chi connectivity index (χ0n) is 33.1. The summed E-state index contributed by atoms with van der Waals surface area (Å²) in [5, 5.41) is 23.1. The fourth-order valence-corrected chi connectivity index (χ4v) is 6.05. The molecule has 296 valence electrons. The molecule has 8 nitrogen and oxygen atoms in total. The third kappa shape index (κ3) is 59.0. The van der Waals surface area contributed by atoms with Crippen molar-refractivity contribution < 1.29 is 34.4 Å². The van der Waals surface area contributed by atoms with Gasteiger partial charge in [0, 0.05) is 26.7 Å². The number of carbonyl (C=O) groups excluding carboxylic acids is 1. The molecule has 49 heavy (non-hydrogen) atoms. The van der Waals surface area contributed by atoms with Gasteiger partial charge in [0.05, 0.1) is 6.61 Å². The van der Waals surface area contributed by atoms with Crippen molar-refractivity contribution in [1.82, 2.24) is 4.90 Å². The average molecular weight is 704 g/mol. The van der Waals surface area contributed by atoms with E-state index in [1.807, 2.05) is 0 Å². The molecule has 0 spiro atoms. The van der Waals surface area contributed by atoms with E-state index in [4.69, 9.17) is 24.5 Å². The van der Waals surface area contributed by atoms with E-state index >= 15 is 0 Å². The highest BCUT2D eigenvalue weighted by Gasteiger charge is 2.09. The van der Waals surface area contributed by atoms with Gasteiger partial charge in [-0.25, -0.2) is 0 Å². The fraction of sp³-hybridized carbons (Fsp3) is 0.927. The Labute approximate surface area is 304 Å². The minimum absolute atomic E-state index is 0.250. The molecule has 0 bridgehead atoms. The van der Waals surface area contributed by atoms with Gasteiger partial charge in [0.15, 0.2) is 0 Å². The molecule has 8 heteroatoms. The van der Waals surface area contributed by atoms with Crippen molar-refractivity contribution in [2.45, 2.75) is 201 Å². The molecule has 0 amide bonds. The topological polar surface area (TPSA) is 124 Å². The summed E-state index contributed by atoms with van der Waals surface area (Å²) < 4.78 is 5.14. The molecular formula is C41H85NO7. The summed E-state index contributed by atoms with van der Waals surface area (Å²) in [6.45, 7) is 10.6. The number of rotatable bonds is 35. The third-order valence-electron chi connectivity index (χ3n) is 8.93. The molecular weight excluding hydrogens is 618 g/mol. The van der Waals surface area contributed by atoms with Crippen molar-refractivity contribution in [2.24, 2.45) is 5.92 Å². The van der Waals surface area contributed by atoms with E-state index < -0.39 is 0 Å². The first kappa shape index (κ1) is 54.3. The van der Waals surface area contributed by atoms with E-state index in [-0.39, 0.29) is 19.6 Å². The molecule has 3 N–H and O–H groups in total. The quantitative estimate of drug-likeness (QED) is 0.0440. The molecule has 0 fully saturated rings. The Balaban J connectivity index is -0.000000461. The van der Waals surface area contributed by atoms with Gasteiger partial charge in [-0.05, 0) is 44.7 Å². The molecule has 0 rings (SSSR count). The van der Waals surface area contributed by atoms with Crippen molar-refractivity contribution >= 4 is 19.2 Å². The number of hydrogen-bond acceptors (Lipinski definition) is 6. The normalized spacial score (nSPS) is 11.0. The van der Waals surface area contributed by atoms with Crippen LogP contribution in [0.4, 0.5) is 0 Å². The number of carboxylic acid groups (broad SMARTS) is 2. The summed E-state index contributed by atoms with van der Waals surface area (Å²) in [5.74, 6) is 0.991. The van der Waals surface area contributed by atoms with Crippen LogP contribution >= 0.6 is 0 Å². The number of aliphatic hydroxyl groups is 1. The zero-order chi connectivity index (χ0) is 37.3. The van der Waals surface area contributed by atoms with Crippen LogP contribution in [0.15, 0.2) is 0 Å². The van der Waals surface area contributed by atoms with Crippen molar-refractivity contribution in [3.8, 4) is 0 Å². The number of ether oxygens (including phenoxy) is 1. The second-order valence-electron chi connectivity index (χ2n) is 13.4. The van der Waals surface area contributed by atoms with Crippen LogP contribution < -0.4 is 0 Å². The maximum absolute atomic E-state index is 9.98. The Morgan fingerprint density at radius 2 is 0.857 bits per heavy atom. The van der Waals surface area contributed by atoms with Crippen LogP contribution in [0.25, 0.3) is 0 Å². The smallest absolute Gasteiger partial charge is 0.290 e. The SMILES string of the molecule is CCCCCCCC(CCCCCC)CCCCCCCN(CCO)CCCCOC.CCCCCCCCCCC=O.O=CO.O=CO. The van der Waals surface area contributed by atoms with Gasteiger partial charge in [0.2, 0.25) is 0 Å². The summed E-state index contributed by atoms with van der Waals surface area (Å²) >= 11 is 0. The molecule has 0 aromatic heterocycles. The van der Waals surface area contributed by atoms with Crippen LogP contribution in [0.1, 0.15) is 201 Å². The van der Waals surface area contributed by atoms with Crippen molar-refractivity contribution in [3.05, 3.63) is 0 Å². The summed E-state index contributed by atoms with van der Waals surface area (Å²) in [6.07, 6.45) is 38.7. The Bertz CT molecular complexity index is 574. The van der Waals surface area contributed by atoms with Crippen molar-refractivity contribution in [2.75, 3.05) is 40.0 Å². The zero-order valence-corrected chi connectivity index (χ0v) is 33.1. The molecule has 0 aliphatic rings. The first-order chi connectivity index (χ1) is 24.0. The second-order valence-corrected chi connectivity index (χ2v) is 13.4. The maximum Gasteiger partial charge on any atom is 0.290 e. The molecule has 0 radical (unpaired) electrons. The van der Waals surface area contributed by atoms with Gasteiger partial charge < -0.3 is 29.8 Å². The van der Waals surface area contributed by atoms with E-state index in [0.29, 0.717) is 0 Å². The van der Waals surface area contributed by atoms with E-state index in [0.717, 1.165) is 57.7 Å². The molecule has 0 aromatic rings. The lowest BCUT2D eigenvalue weighted by molar-refractivity contribution is -0.123. The van der Waals surface area contributed by atoms with Gasteiger partial charge >= 0.3 is 0 Å². The fourth-order valence-electron chi connectivity index (χ4n) is 6.05. The number of methoxy groups -OCH3 is 1. The monoisotopic (exact) mass is 704 g/mol. The lowest BCUT2D eigenvalue weighted by Gasteiger charge is -2.21. The second kappa shape index (κ2) is 55.9. The highest BCUT2D eigenvalue weighted by Crippen LogP contribution is 2.24. The molecule has 0 aromatic carbocycles. The summed E-state index contributed by atoms with van der Waals surface area (Å²) in [4.78, 5) is 29.1. The molecule has 1 unspecified atom stereocenters. The maximum atomic E-state index is 9.98. The Hall–Kier alpha value is -1.51. The predicted molar refractivity (Wildman–Crippen MR) is 209 cm³/mol.